The summed E-state index contributed by atoms with van der Waals surface area (Å²) in [6.45, 7) is 6.12. The number of ether oxygens (including phenoxy) is 1. The number of nitrogens with one attached hydrogen (secondary N) is 1. The van der Waals surface area contributed by atoms with Crippen LogP contribution in [0.3, 0.4) is 0 Å². The highest BCUT2D eigenvalue weighted by Gasteiger charge is 2.15. The number of aromatic nitrogens is 1. The molecule has 2 aromatic carbocycles. The summed E-state index contributed by atoms with van der Waals surface area (Å²) in [6.07, 6.45) is 3.35. The molecule has 30 heavy (non-hydrogen) atoms. The first-order valence-corrected chi connectivity index (χ1v) is 10.1. The molecule has 1 aliphatic heterocycles. The molecule has 6 heteroatoms. The molecule has 0 atom stereocenters. The first-order valence-electron chi connectivity index (χ1n) is 10.1. The van der Waals surface area contributed by atoms with E-state index >= 15 is 0 Å². The summed E-state index contributed by atoms with van der Waals surface area (Å²) in [5.74, 6) is 1.17. The maximum absolute atomic E-state index is 12.8. The van der Waals surface area contributed by atoms with Gasteiger partial charge in [0.05, 0.1) is 0 Å². The van der Waals surface area contributed by atoms with Crippen molar-refractivity contribution >= 4 is 17.3 Å². The predicted molar refractivity (Wildman–Crippen MR) is 120 cm³/mol. The summed E-state index contributed by atoms with van der Waals surface area (Å²) < 4.78 is 5.91. The lowest BCUT2D eigenvalue weighted by atomic mass is 10.1. The van der Waals surface area contributed by atoms with Crippen LogP contribution in [0.1, 0.15) is 15.9 Å². The average Bonchev–Trinajstić information content (AvgIpc) is 2.77. The molecule has 1 N–H and O–H groups in total. The van der Waals surface area contributed by atoms with Gasteiger partial charge in [0.15, 0.2) is 0 Å². The van der Waals surface area contributed by atoms with E-state index in [1.807, 2.05) is 31.2 Å². The van der Waals surface area contributed by atoms with Gasteiger partial charge in [-0.25, -0.2) is 0 Å². The summed E-state index contributed by atoms with van der Waals surface area (Å²) in [4.78, 5) is 21.5. The molecule has 1 aliphatic rings. The molecule has 1 fully saturated rings. The molecule has 2 heterocycles. The zero-order valence-electron chi connectivity index (χ0n) is 17.3. The van der Waals surface area contributed by atoms with E-state index in [1.54, 1.807) is 30.6 Å². The number of likely N-dealkylation sites (N-methyl/N-ethyl adjacent to an activating group) is 1. The maximum Gasteiger partial charge on any atom is 0.255 e. The van der Waals surface area contributed by atoms with Crippen LogP contribution in [-0.2, 0) is 0 Å². The fourth-order valence-corrected chi connectivity index (χ4v) is 3.41. The molecule has 6 nitrogen and oxygen atoms in total. The van der Waals surface area contributed by atoms with Gasteiger partial charge in [0.1, 0.15) is 11.5 Å². The van der Waals surface area contributed by atoms with E-state index in [0.717, 1.165) is 37.4 Å². The molecule has 0 bridgehead atoms. The molecule has 154 valence electrons. The van der Waals surface area contributed by atoms with Crippen molar-refractivity contribution in [2.24, 2.45) is 0 Å². The van der Waals surface area contributed by atoms with Crippen molar-refractivity contribution in [2.75, 3.05) is 43.4 Å². The Morgan fingerprint density at radius 3 is 2.37 bits per heavy atom. The first kappa shape index (κ1) is 19.9. The molecule has 4 rings (SSSR count). The normalized spacial score (nSPS) is 14.4. The van der Waals surface area contributed by atoms with Gasteiger partial charge in [0.2, 0.25) is 0 Å². The van der Waals surface area contributed by atoms with Gasteiger partial charge in [0, 0.05) is 55.5 Å². The van der Waals surface area contributed by atoms with Crippen molar-refractivity contribution in [3.05, 3.63) is 78.1 Å². The minimum atomic E-state index is -0.165. The summed E-state index contributed by atoms with van der Waals surface area (Å²) >= 11 is 0. The molecule has 0 unspecified atom stereocenters. The van der Waals surface area contributed by atoms with Crippen LogP contribution in [0.25, 0.3) is 0 Å². The van der Waals surface area contributed by atoms with E-state index in [9.17, 15) is 4.79 Å². The summed E-state index contributed by atoms with van der Waals surface area (Å²) in [7, 11) is 2.15. The van der Waals surface area contributed by atoms with E-state index in [-0.39, 0.29) is 5.91 Å². The molecule has 0 radical (unpaired) electrons. The zero-order chi connectivity index (χ0) is 20.9. The van der Waals surface area contributed by atoms with E-state index < -0.39 is 0 Å². The van der Waals surface area contributed by atoms with Crippen molar-refractivity contribution < 1.29 is 9.53 Å². The van der Waals surface area contributed by atoms with Crippen molar-refractivity contribution in [1.82, 2.24) is 9.88 Å². The Morgan fingerprint density at radius 2 is 1.67 bits per heavy atom. The van der Waals surface area contributed by atoms with Crippen molar-refractivity contribution in [3.8, 4) is 11.5 Å². The van der Waals surface area contributed by atoms with Gasteiger partial charge >= 0.3 is 0 Å². The van der Waals surface area contributed by atoms with Crippen molar-refractivity contribution in [3.63, 3.8) is 0 Å². The number of amides is 1. The average molecular weight is 402 g/mol. The second-order valence-corrected chi connectivity index (χ2v) is 7.56. The Bertz CT molecular complexity index is 997. The van der Waals surface area contributed by atoms with Crippen LogP contribution >= 0.6 is 0 Å². The molecule has 0 saturated carbocycles. The van der Waals surface area contributed by atoms with Gasteiger partial charge in [-0.05, 0) is 68.1 Å². The van der Waals surface area contributed by atoms with Gasteiger partial charge in [-0.1, -0.05) is 6.07 Å². The van der Waals surface area contributed by atoms with Crippen LogP contribution in [-0.4, -0.2) is 49.0 Å². The van der Waals surface area contributed by atoms with Gasteiger partial charge in [-0.15, -0.1) is 0 Å². The number of hydrogen-bond donors (Lipinski definition) is 1. The Hall–Kier alpha value is -3.38. The number of benzene rings is 2. The lowest BCUT2D eigenvalue weighted by molar-refractivity contribution is 0.102. The number of aryl methyl sites for hydroxylation is 1. The minimum absolute atomic E-state index is 0.165. The third-order valence-electron chi connectivity index (χ3n) is 5.32. The third-order valence-corrected chi connectivity index (χ3v) is 5.32. The lowest BCUT2D eigenvalue weighted by Gasteiger charge is -2.34. The minimum Gasteiger partial charge on any atom is -0.457 e. The Morgan fingerprint density at radius 1 is 0.967 bits per heavy atom. The number of anilines is 2. The molecule has 1 saturated heterocycles. The zero-order valence-corrected chi connectivity index (χ0v) is 17.3. The van der Waals surface area contributed by atoms with Crippen molar-refractivity contribution in [1.29, 1.82) is 0 Å². The number of carbonyl (C=O) groups excluding carboxylic acids is 1. The Kier molecular flexibility index (Phi) is 5.95. The SMILES string of the molecule is Cc1ccc(C(=O)Nc2ccc(N3CCN(C)CC3)cc2)cc1Oc1ccncc1. The Balaban J connectivity index is 1.43. The molecule has 0 aliphatic carbocycles. The maximum atomic E-state index is 12.8. The van der Waals surface area contributed by atoms with Crippen LogP contribution in [0, 0.1) is 6.92 Å². The second-order valence-electron chi connectivity index (χ2n) is 7.56. The number of pyridine rings is 1. The van der Waals surface area contributed by atoms with Crippen LogP contribution in [0.4, 0.5) is 11.4 Å². The quantitative estimate of drug-likeness (QED) is 0.694. The molecule has 1 aromatic heterocycles. The molecular formula is C24H26N4O2. The molecule has 3 aromatic rings. The smallest absolute Gasteiger partial charge is 0.255 e. The number of piperazine rings is 1. The molecule has 0 spiro atoms. The number of carbonyl (C=O) groups is 1. The van der Waals surface area contributed by atoms with Crippen LogP contribution in [0.15, 0.2) is 67.0 Å². The van der Waals surface area contributed by atoms with Crippen LogP contribution < -0.4 is 15.0 Å². The second kappa shape index (κ2) is 8.97. The highest BCUT2D eigenvalue weighted by Crippen LogP contribution is 2.26. The molecule has 1 amide bonds. The Labute approximate surface area is 177 Å². The number of rotatable bonds is 5. The predicted octanol–water partition coefficient (Wildman–Crippen LogP) is 4.19. The topological polar surface area (TPSA) is 57.7 Å². The summed E-state index contributed by atoms with van der Waals surface area (Å²) in [6, 6.07) is 17.1. The summed E-state index contributed by atoms with van der Waals surface area (Å²) in [5.41, 5.74) is 3.47. The van der Waals surface area contributed by atoms with E-state index in [4.69, 9.17) is 4.74 Å². The monoisotopic (exact) mass is 402 g/mol. The fraction of sp³-hybridized carbons (Fsp3) is 0.250. The summed E-state index contributed by atoms with van der Waals surface area (Å²) in [5, 5.41) is 2.97. The van der Waals surface area contributed by atoms with Gasteiger partial charge < -0.3 is 19.9 Å². The first-order chi connectivity index (χ1) is 14.6. The van der Waals surface area contributed by atoms with Crippen LogP contribution in [0.2, 0.25) is 0 Å². The van der Waals surface area contributed by atoms with Gasteiger partial charge in [0.25, 0.3) is 5.91 Å². The molecular weight excluding hydrogens is 376 g/mol. The van der Waals surface area contributed by atoms with Gasteiger partial charge in [-0.3, -0.25) is 9.78 Å². The van der Waals surface area contributed by atoms with E-state index in [0.29, 0.717) is 17.1 Å². The number of hydrogen-bond acceptors (Lipinski definition) is 5. The largest absolute Gasteiger partial charge is 0.457 e. The van der Waals surface area contributed by atoms with Crippen molar-refractivity contribution in [2.45, 2.75) is 6.92 Å². The van der Waals surface area contributed by atoms with Crippen LogP contribution in [0.5, 0.6) is 11.5 Å². The highest BCUT2D eigenvalue weighted by molar-refractivity contribution is 6.04. The van der Waals surface area contributed by atoms with E-state index in [2.05, 4.69) is 39.3 Å². The lowest BCUT2D eigenvalue weighted by Crippen LogP contribution is -2.44. The van der Waals surface area contributed by atoms with Gasteiger partial charge in [-0.2, -0.15) is 0 Å². The van der Waals surface area contributed by atoms with E-state index in [1.165, 1.54) is 5.69 Å². The fourth-order valence-electron chi connectivity index (χ4n) is 3.41. The highest BCUT2D eigenvalue weighted by atomic mass is 16.5. The standard InChI is InChI=1S/C24H26N4O2/c1-18-3-4-19(17-23(18)30-22-9-11-25-12-10-22)24(29)26-20-5-7-21(8-6-20)28-15-13-27(2)14-16-28/h3-12,17H,13-16H2,1-2H3,(H,26,29). The third kappa shape index (κ3) is 4.78. The number of nitrogens with zero attached hydrogens (tertiary/aromatic N) is 3.